The third-order valence-electron chi connectivity index (χ3n) is 5.94. The van der Waals surface area contributed by atoms with E-state index < -0.39 is 26.8 Å². The van der Waals surface area contributed by atoms with Gasteiger partial charge in [-0.2, -0.15) is 4.98 Å². The van der Waals surface area contributed by atoms with Gasteiger partial charge in [-0.1, -0.05) is 6.07 Å². The number of anilines is 3. The number of nitrogens with zero attached hydrogens (tertiary/aromatic N) is 3. The molecule has 0 aliphatic carbocycles. The largest absolute Gasteiger partial charge is 0.427 e. The van der Waals surface area contributed by atoms with Gasteiger partial charge in [-0.05, 0) is 67.1 Å². The van der Waals surface area contributed by atoms with Gasteiger partial charge < -0.3 is 19.6 Å². The number of amides is 1. The molecule has 5 aromatic rings. The third kappa shape index (κ3) is 5.27. The van der Waals surface area contributed by atoms with Crippen LogP contribution in [0.3, 0.4) is 0 Å². The number of nitrogens with one attached hydrogen (secondary N) is 2. The summed E-state index contributed by atoms with van der Waals surface area (Å²) in [5.41, 5.74) is 2.96. The molecule has 1 amide bonds. The second-order valence-electron chi connectivity index (χ2n) is 8.94. The van der Waals surface area contributed by atoms with Crippen LogP contribution >= 0.6 is 0 Å². The molecule has 5 rings (SSSR count). The number of aromatic nitrogens is 3. The number of rotatable bonds is 6. The highest BCUT2D eigenvalue weighted by Gasteiger charge is 2.26. The Morgan fingerprint density at radius 3 is 2.46 bits per heavy atom. The second-order valence-corrected chi connectivity index (χ2v) is 10.8. The van der Waals surface area contributed by atoms with E-state index in [-0.39, 0.29) is 22.6 Å². The Labute approximate surface area is 222 Å². The molecule has 0 radical (unpaired) electrons. The first-order chi connectivity index (χ1) is 18.5. The van der Waals surface area contributed by atoms with Crippen LogP contribution in [0.2, 0.25) is 0 Å². The zero-order chi connectivity index (χ0) is 27.9. The Morgan fingerprint density at radius 1 is 1.03 bits per heavy atom. The van der Waals surface area contributed by atoms with Crippen molar-refractivity contribution in [1.29, 1.82) is 0 Å². The maximum absolute atomic E-state index is 13.4. The Bertz CT molecular complexity index is 1910. The highest BCUT2D eigenvalue weighted by atomic mass is 32.2. The summed E-state index contributed by atoms with van der Waals surface area (Å²) in [6.45, 7) is 1.87. The van der Waals surface area contributed by atoms with Crippen molar-refractivity contribution in [2.45, 2.75) is 12.1 Å². The zero-order valence-corrected chi connectivity index (χ0v) is 21.8. The molecule has 2 aromatic heterocycles. The first-order valence-corrected chi connectivity index (χ1v) is 13.5. The molecule has 39 heavy (non-hydrogen) atoms. The highest BCUT2D eigenvalue weighted by molar-refractivity contribution is 7.90. The molecule has 3 aromatic carbocycles. The maximum Gasteiger partial charge on any atom is 0.315 e. The fraction of sp³-hybridized carbons (Fsp3) is 0.111. The van der Waals surface area contributed by atoms with Crippen molar-refractivity contribution >= 4 is 43.7 Å². The lowest BCUT2D eigenvalue weighted by molar-refractivity contribution is 0.102. The molecule has 0 aliphatic heterocycles. The fourth-order valence-corrected chi connectivity index (χ4v) is 4.37. The second kappa shape index (κ2) is 9.80. The molecule has 0 saturated carbocycles. The summed E-state index contributed by atoms with van der Waals surface area (Å²) in [5, 5.41) is 5.79. The molecule has 2 N–H and O–H groups in total. The van der Waals surface area contributed by atoms with Crippen LogP contribution in [-0.2, 0) is 16.9 Å². The Kier molecular flexibility index (Phi) is 6.48. The molecule has 0 atom stereocenters. The van der Waals surface area contributed by atoms with Gasteiger partial charge in [0.05, 0.1) is 17.2 Å². The van der Waals surface area contributed by atoms with E-state index in [9.17, 15) is 22.4 Å². The molecule has 12 heteroatoms. The van der Waals surface area contributed by atoms with Crippen LogP contribution < -0.4 is 16.2 Å². The van der Waals surface area contributed by atoms with Crippen LogP contribution in [-0.4, -0.2) is 35.1 Å². The van der Waals surface area contributed by atoms with Crippen molar-refractivity contribution in [3.05, 3.63) is 94.4 Å². The molecule has 0 unspecified atom stereocenters. The Balaban J connectivity index is 1.46. The van der Waals surface area contributed by atoms with E-state index in [1.165, 1.54) is 23.0 Å². The summed E-state index contributed by atoms with van der Waals surface area (Å²) < 4.78 is 44.4. The molecule has 10 nitrogen and oxygen atoms in total. The molecule has 0 spiro atoms. The average molecular weight is 548 g/mol. The first-order valence-electron chi connectivity index (χ1n) is 11.6. The van der Waals surface area contributed by atoms with Crippen molar-refractivity contribution in [3.8, 4) is 11.3 Å². The molecule has 0 bridgehead atoms. The Hall–Kier alpha value is -4.84. The number of halogens is 1. The van der Waals surface area contributed by atoms with Gasteiger partial charge in [0.1, 0.15) is 5.82 Å². The molecular weight excluding hydrogens is 525 g/mol. The summed E-state index contributed by atoms with van der Waals surface area (Å²) in [6.07, 6.45) is 2.37. The van der Waals surface area contributed by atoms with E-state index in [4.69, 9.17) is 4.42 Å². The topological polar surface area (TPSA) is 136 Å². The van der Waals surface area contributed by atoms with Crippen molar-refractivity contribution in [3.63, 3.8) is 0 Å². The minimum absolute atomic E-state index is 0.107. The quantitative estimate of drug-likeness (QED) is 0.319. The van der Waals surface area contributed by atoms with E-state index in [0.29, 0.717) is 28.0 Å². The van der Waals surface area contributed by atoms with Crippen molar-refractivity contribution in [1.82, 2.24) is 14.5 Å². The van der Waals surface area contributed by atoms with Crippen molar-refractivity contribution in [2.24, 2.45) is 7.05 Å². The van der Waals surface area contributed by atoms with Crippen LogP contribution in [0.1, 0.15) is 16.1 Å². The fourth-order valence-electron chi connectivity index (χ4n) is 3.88. The zero-order valence-electron chi connectivity index (χ0n) is 21.0. The van der Waals surface area contributed by atoms with Crippen LogP contribution in [0.15, 0.2) is 81.4 Å². The lowest BCUT2D eigenvalue weighted by Gasteiger charge is -2.13. The van der Waals surface area contributed by atoms with Gasteiger partial charge >= 0.3 is 5.22 Å². The SMILES string of the molecule is Cc1ccc(NC(=O)c2nc(S(C)(=O)=O)oc2-c2ccc(F)cc2)cc1Nc1ccc2ncn(C)c(=O)c2c1. The maximum atomic E-state index is 13.4. The molecule has 198 valence electrons. The number of carbonyl (C=O) groups is 1. The predicted octanol–water partition coefficient (Wildman–Crippen LogP) is 4.44. The van der Waals surface area contributed by atoms with Gasteiger partial charge in [-0.15, -0.1) is 0 Å². The summed E-state index contributed by atoms with van der Waals surface area (Å²) in [5.74, 6) is -1.33. The summed E-state index contributed by atoms with van der Waals surface area (Å²) in [6, 6.07) is 15.4. The molecule has 0 saturated heterocycles. The number of fused-ring (bicyclic) bond motifs is 1. The standard InChI is InChI=1S/C27H22FN5O5S/c1-15-4-9-19(13-22(15)30-18-10-11-21-20(12-18)26(35)33(2)14-29-21)31-25(34)23-24(16-5-7-17(28)8-6-16)38-27(32-23)39(3,36)37/h4-14,30H,1-3H3,(H,31,34). The summed E-state index contributed by atoms with van der Waals surface area (Å²) >= 11 is 0. The normalized spacial score (nSPS) is 11.5. The highest BCUT2D eigenvalue weighted by Crippen LogP contribution is 2.29. The molecule has 2 heterocycles. The minimum Gasteiger partial charge on any atom is -0.427 e. The third-order valence-corrected chi connectivity index (χ3v) is 6.75. The monoisotopic (exact) mass is 547 g/mol. The van der Waals surface area contributed by atoms with Gasteiger partial charge in [0.2, 0.25) is 9.84 Å². The van der Waals surface area contributed by atoms with Gasteiger partial charge in [-0.25, -0.2) is 17.8 Å². The lowest BCUT2D eigenvalue weighted by atomic mass is 10.1. The molecule has 0 aliphatic rings. The number of hydrogen-bond acceptors (Lipinski definition) is 8. The van der Waals surface area contributed by atoms with E-state index >= 15 is 0 Å². The van der Waals surface area contributed by atoms with Gasteiger partial charge in [0, 0.05) is 35.9 Å². The van der Waals surface area contributed by atoms with Crippen molar-refractivity contribution in [2.75, 3.05) is 16.9 Å². The van der Waals surface area contributed by atoms with Gasteiger partial charge in [-0.3, -0.25) is 9.59 Å². The number of oxazole rings is 1. The first kappa shape index (κ1) is 25.8. The van der Waals surface area contributed by atoms with E-state index in [1.54, 1.807) is 43.4 Å². The van der Waals surface area contributed by atoms with Crippen LogP contribution in [0.4, 0.5) is 21.5 Å². The van der Waals surface area contributed by atoms with Gasteiger partial charge in [0.25, 0.3) is 11.5 Å². The summed E-state index contributed by atoms with van der Waals surface area (Å²) in [4.78, 5) is 33.9. The Morgan fingerprint density at radius 2 is 1.74 bits per heavy atom. The van der Waals surface area contributed by atoms with Crippen LogP contribution in [0.5, 0.6) is 0 Å². The number of benzene rings is 3. The van der Waals surface area contributed by atoms with E-state index in [2.05, 4.69) is 20.6 Å². The van der Waals surface area contributed by atoms with Crippen LogP contribution in [0.25, 0.3) is 22.2 Å². The van der Waals surface area contributed by atoms with E-state index in [0.717, 1.165) is 24.0 Å². The number of aryl methyl sites for hydroxylation is 2. The van der Waals surface area contributed by atoms with Crippen LogP contribution in [0, 0.1) is 12.7 Å². The van der Waals surface area contributed by atoms with Crippen molar-refractivity contribution < 1.29 is 22.0 Å². The number of sulfone groups is 1. The minimum atomic E-state index is -3.87. The van der Waals surface area contributed by atoms with E-state index in [1.807, 2.05) is 6.92 Å². The number of carbonyl (C=O) groups excluding carboxylic acids is 1. The predicted molar refractivity (Wildman–Crippen MR) is 144 cm³/mol. The smallest absolute Gasteiger partial charge is 0.315 e. The average Bonchev–Trinajstić information content (AvgIpc) is 3.35. The number of hydrogen-bond donors (Lipinski definition) is 2. The summed E-state index contributed by atoms with van der Waals surface area (Å²) in [7, 11) is -2.24. The lowest BCUT2D eigenvalue weighted by Crippen LogP contribution is -2.16. The van der Waals surface area contributed by atoms with Gasteiger partial charge in [0.15, 0.2) is 11.5 Å². The molecule has 0 fully saturated rings. The molecular formula is C27H22FN5O5S.